The van der Waals surface area contributed by atoms with E-state index in [-0.39, 0.29) is 5.69 Å². The number of benzene rings is 1. The Hall–Kier alpha value is -1.66. The highest BCUT2D eigenvalue weighted by molar-refractivity contribution is 5.36. The molecule has 2 unspecified atom stereocenters. The van der Waals surface area contributed by atoms with E-state index in [1.807, 2.05) is 18.7 Å². The summed E-state index contributed by atoms with van der Waals surface area (Å²) in [7, 11) is 0. The first-order valence-corrected chi connectivity index (χ1v) is 6.32. The summed E-state index contributed by atoms with van der Waals surface area (Å²) in [6.07, 6.45) is -1.12. The number of nitrogens with zero attached hydrogens (tertiary/aromatic N) is 2. The van der Waals surface area contributed by atoms with Gasteiger partial charge in [-0.3, -0.25) is 15.0 Å². The smallest absolute Gasteiger partial charge is 0.269 e. The standard InChI is InChI=1S/C13H20N2O4/c1-4-14(5-2)13(10(3)16)19-12-8-6-11(7-9-12)15(17)18/h6-10,13,16H,4-5H2,1-3H3. The summed E-state index contributed by atoms with van der Waals surface area (Å²) in [5.74, 6) is 0.503. The second-order valence-electron chi connectivity index (χ2n) is 4.22. The number of nitro groups is 1. The van der Waals surface area contributed by atoms with Crippen molar-refractivity contribution < 1.29 is 14.8 Å². The van der Waals surface area contributed by atoms with Gasteiger partial charge in [-0.25, -0.2) is 0 Å². The van der Waals surface area contributed by atoms with Crippen LogP contribution in [0.15, 0.2) is 24.3 Å². The van der Waals surface area contributed by atoms with Crippen molar-refractivity contribution in [3.8, 4) is 5.75 Å². The fraction of sp³-hybridized carbons (Fsp3) is 0.538. The van der Waals surface area contributed by atoms with Gasteiger partial charge in [0, 0.05) is 12.1 Å². The minimum Gasteiger partial charge on any atom is -0.472 e. The van der Waals surface area contributed by atoms with Crippen LogP contribution in [0, 0.1) is 10.1 Å². The van der Waals surface area contributed by atoms with E-state index >= 15 is 0 Å². The largest absolute Gasteiger partial charge is 0.472 e. The van der Waals surface area contributed by atoms with Crippen molar-refractivity contribution in [1.82, 2.24) is 4.90 Å². The lowest BCUT2D eigenvalue weighted by Gasteiger charge is -2.31. The second-order valence-corrected chi connectivity index (χ2v) is 4.22. The quantitative estimate of drug-likeness (QED) is 0.465. The molecular formula is C13H20N2O4. The number of ether oxygens (including phenoxy) is 1. The van der Waals surface area contributed by atoms with Gasteiger partial charge in [0.05, 0.1) is 4.92 Å². The molecule has 0 aromatic heterocycles. The molecule has 0 saturated carbocycles. The third-order valence-electron chi connectivity index (χ3n) is 2.89. The highest BCUT2D eigenvalue weighted by atomic mass is 16.6. The van der Waals surface area contributed by atoms with E-state index in [1.165, 1.54) is 24.3 Å². The number of likely N-dealkylation sites (N-methyl/N-ethyl adjacent to an activating group) is 1. The molecule has 6 heteroatoms. The molecule has 19 heavy (non-hydrogen) atoms. The zero-order chi connectivity index (χ0) is 14.4. The number of hydrogen-bond acceptors (Lipinski definition) is 5. The van der Waals surface area contributed by atoms with Crippen molar-refractivity contribution in [2.75, 3.05) is 13.1 Å². The predicted molar refractivity (Wildman–Crippen MR) is 72.1 cm³/mol. The molecule has 0 radical (unpaired) electrons. The molecule has 106 valence electrons. The summed E-state index contributed by atoms with van der Waals surface area (Å²) in [6, 6.07) is 5.85. The summed E-state index contributed by atoms with van der Waals surface area (Å²) in [6.45, 7) is 7.13. The van der Waals surface area contributed by atoms with Gasteiger partial charge in [0.2, 0.25) is 0 Å². The molecule has 0 amide bonds. The van der Waals surface area contributed by atoms with E-state index in [1.54, 1.807) is 6.92 Å². The van der Waals surface area contributed by atoms with Crippen molar-refractivity contribution in [1.29, 1.82) is 0 Å². The van der Waals surface area contributed by atoms with Crippen molar-refractivity contribution in [2.45, 2.75) is 33.1 Å². The van der Waals surface area contributed by atoms with E-state index in [0.29, 0.717) is 5.75 Å². The van der Waals surface area contributed by atoms with Gasteiger partial charge in [0.15, 0.2) is 6.23 Å². The summed E-state index contributed by atoms with van der Waals surface area (Å²) < 4.78 is 5.71. The Labute approximate surface area is 112 Å². The fourth-order valence-corrected chi connectivity index (χ4v) is 1.85. The molecule has 1 rings (SSSR count). The zero-order valence-electron chi connectivity index (χ0n) is 11.4. The molecule has 6 nitrogen and oxygen atoms in total. The molecule has 0 saturated heterocycles. The Bertz CT molecular complexity index is 402. The van der Waals surface area contributed by atoms with Crippen LogP contribution in [-0.2, 0) is 0 Å². The first-order chi connectivity index (χ1) is 8.99. The first kappa shape index (κ1) is 15.4. The molecule has 0 spiro atoms. The highest BCUT2D eigenvalue weighted by Crippen LogP contribution is 2.20. The third-order valence-corrected chi connectivity index (χ3v) is 2.89. The van der Waals surface area contributed by atoms with Gasteiger partial charge >= 0.3 is 0 Å². The van der Waals surface area contributed by atoms with Gasteiger partial charge in [-0.1, -0.05) is 13.8 Å². The Kier molecular flexibility index (Phi) is 5.72. The number of aliphatic hydroxyl groups excluding tert-OH is 1. The van der Waals surface area contributed by atoms with Crippen molar-refractivity contribution in [3.05, 3.63) is 34.4 Å². The van der Waals surface area contributed by atoms with Crippen LogP contribution < -0.4 is 4.74 Å². The summed E-state index contributed by atoms with van der Waals surface area (Å²) >= 11 is 0. The molecule has 0 heterocycles. The molecule has 0 aliphatic heterocycles. The topological polar surface area (TPSA) is 75.8 Å². The van der Waals surface area contributed by atoms with Crippen molar-refractivity contribution in [2.24, 2.45) is 0 Å². The second kappa shape index (κ2) is 7.06. The number of non-ortho nitro benzene ring substituents is 1. The number of aliphatic hydroxyl groups is 1. The van der Waals surface area contributed by atoms with Crippen LogP contribution in [0.25, 0.3) is 0 Å². The van der Waals surface area contributed by atoms with Crippen LogP contribution in [0.1, 0.15) is 20.8 Å². The Morgan fingerprint density at radius 1 is 1.32 bits per heavy atom. The molecule has 1 aromatic carbocycles. The van der Waals surface area contributed by atoms with E-state index in [2.05, 4.69) is 0 Å². The molecule has 1 N–H and O–H groups in total. The maximum Gasteiger partial charge on any atom is 0.269 e. The number of nitro benzene ring substituents is 1. The average molecular weight is 268 g/mol. The molecular weight excluding hydrogens is 248 g/mol. The minimum absolute atomic E-state index is 0.0174. The third kappa shape index (κ3) is 4.18. The minimum atomic E-state index is -0.657. The van der Waals surface area contributed by atoms with Crippen molar-refractivity contribution in [3.63, 3.8) is 0 Å². The van der Waals surface area contributed by atoms with Gasteiger partial charge in [0.1, 0.15) is 11.9 Å². The lowest BCUT2D eigenvalue weighted by atomic mass is 10.3. The number of rotatable bonds is 7. The SMILES string of the molecule is CCN(CC)C(Oc1ccc([N+](=O)[O-])cc1)C(C)O. The van der Waals surface area contributed by atoms with Crippen LogP contribution in [0.5, 0.6) is 5.75 Å². The molecule has 2 atom stereocenters. The predicted octanol–water partition coefficient (Wildman–Crippen LogP) is 2.02. The fourth-order valence-electron chi connectivity index (χ4n) is 1.85. The maximum absolute atomic E-state index is 10.6. The molecule has 1 aromatic rings. The van der Waals surface area contributed by atoms with E-state index in [0.717, 1.165) is 13.1 Å². The van der Waals surface area contributed by atoms with Crippen LogP contribution >= 0.6 is 0 Å². The zero-order valence-corrected chi connectivity index (χ0v) is 11.4. The first-order valence-electron chi connectivity index (χ1n) is 6.32. The van der Waals surface area contributed by atoms with E-state index < -0.39 is 17.3 Å². The van der Waals surface area contributed by atoms with Gasteiger partial charge < -0.3 is 9.84 Å². The van der Waals surface area contributed by atoms with Crippen LogP contribution in [0.3, 0.4) is 0 Å². The van der Waals surface area contributed by atoms with Crippen LogP contribution in [-0.4, -0.2) is 40.4 Å². The van der Waals surface area contributed by atoms with Crippen LogP contribution in [0.2, 0.25) is 0 Å². The number of hydrogen-bond donors (Lipinski definition) is 1. The van der Waals surface area contributed by atoms with Crippen molar-refractivity contribution >= 4 is 5.69 Å². The van der Waals surface area contributed by atoms with Gasteiger partial charge in [-0.2, -0.15) is 0 Å². The molecule has 0 aliphatic carbocycles. The summed E-state index contributed by atoms with van der Waals surface area (Å²) in [5, 5.41) is 20.3. The van der Waals surface area contributed by atoms with E-state index in [9.17, 15) is 15.2 Å². The lowest BCUT2D eigenvalue weighted by Crippen LogP contribution is -2.46. The summed E-state index contributed by atoms with van der Waals surface area (Å²) in [5.41, 5.74) is 0.0174. The highest BCUT2D eigenvalue weighted by Gasteiger charge is 2.22. The Balaban J connectivity index is 2.81. The van der Waals surface area contributed by atoms with Gasteiger partial charge in [-0.15, -0.1) is 0 Å². The molecule has 0 aliphatic rings. The molecule has 0 bridgehead atoms. The van der Waals surface area contributed by atoms with E-state index in [4.69, 9.17) is 4.74 Å². The van der Waals surface area contributed by atoms with Gasteiger partial charge in [0.25, 0.3) is 5.69 Å². The maximum atomic E-state index is 10.6. The Morgan fingerprint density at radius 3 is 2.21 bits per heavy atom. The lowest BCUT2D eigenvalue weighted by molar-refractivity contribution is -0.384. The monoisotopic (exact) mass is 268 g/mol. The average Bonchev–Trinajstić information content (AvgIpc) is 2.39. The molecule has 0 fully saturated rings. The normalized spacial score (nSPS) is 14.2. The van der Waals surface area contributed by atoms with Gasteiger partial charge in [-0.05, 0) is 32.1 Å². The Morgan fingerprint density at radius 2 is 1.84 bits per heavy atom. The summed E-state index contributed by atoms with van der Waals surface area (Å²) in [4.78, 5) is 12.1. The van der Waals surface area contributed by atoms with Crippen LogP contribution in [0.4, 0.5) is 5.69 Å².